The van der Waals surface area contributed by atoms with Crippen LogP contribution in [0.1, 0.15) is 36.1 Å². The van der Waals surface area contributed by atoms with Crippen molar-refractivity contribution in [2.75, 3.05) is 18.4 Å². The normalized spacial score (nSPS) is 19.9. The van der Waals surface area contributed by atoms with Crippen LogP contribution in [-0.2, 0) is 0 Å². The summed E-state index contributed by atoms with van der Waals surface area (Å²) in [7, 11) is 0. The van der Waals surface area contributed by atoms with E-state index in [0.717, 1.165) is 30.8 Å². The molecule has 0 radical (unpaired) electrons. The minimum Gasteiger partial charge on any atom is -0.363 e. The van der Waals surface area contributed by atoms with Gasteiger partial charge in [-0.05, 0) is 38.8 Å². The molecule has 5 heteroatoms. The van der Waals surface area contributed by atoms with Gasteiger partial charge in [0.05, 0.1) is 5.69 Å². The van der Waals surface area contributed by atoms with E-state index in [4.69, 9.17) is 0 Å². The van der Waals surface area contributed by atoms with Crippen molar-refractivity contribution in [3.05, 3.63) is 16.8 Å². The molecule has 1 aliphatic rings. The van der Waals surface area contributed by atoms with Gasteiger partial charge in [0, 0.05) is 12.6 Å². The number of nitrogens with one attached hydrogen (secondary N) is 2. The fourth-order valence-corrected chi connectivity index (χ4v) is 2.18. The maximum atomic E-state index is 9.24. The highest BCUT2D eigenvalue weighted by Gasteiger charge is 2.16. The Morgan fingerprint density at radius 1 is 1.33 bits per heavy atom. The van der Waals surface area contributed by atoms with Crippen molar-refractivity contribution in [3.63, 3.8) is 0 Å². The van der Waals surface area contributed by atoms with Crippen molar-refractivity contribution >= 4 is 5.82 Å². The lowest BCUT2D eigenvalue weighted by molar-refractivity contribution is 0.631. The molecule has 1 atom stereocenters. The number of hydrogen-bond acceptors (Lipinski definition) is 5. The number of hydrogen-bond donors (Lipinski definition) is 2. The van der Waals surface area contributed by atoms with Gasteiger partial charge in [0.2, 0.25) is 0 Å². The third kappa shape index (κ3) is 2.77. The van der Waals surface area contributed by atoms with Crippen LogP contribution in [0.2, 0.25) is 0 Å². The summed E-state index contributed by atoms with van der Waals surface area (Å²) >= 11 is 0. The fraction of sp³-hybridized carbons (Fsp3) is 0.615. The molecule has 2 rings (SSSR count). The van der Waals surface area contributed by atoms with E-state index in [1.165, 1.54) is 12.8 Å². The highest BCUT2D eigenvalue weighted by molar-refractivity contribution is 5.56. The van der Waals surface area contributed by atoms with Crippen LogP contribution in [0.3, 0.4) is 0 Å². The molecule has 1 fully saturated rings. The van der Waals surface area contributed by atoms with E-state index < -0.39 is 0 Å². The molecule has 1 unspecified atom stereocenters. The molecule has 0 amide bonds. The number of aromatic nitrogens is 2. The first-order chi connectivity index (χ1) is 8.72. The molecule has 5 nitrogen and oxygen atoms in total. The van der Waals surface area contributed by atoms with Crippen LogP contribution < -0.4 is 10.6 Å². The molecule has 2 N–H and O–H groups in total. The smallest absolute Gasteiger partial charge is 0.167 e. The maximum Gasteiger partial charge on any atom is 0.167 e. The Labute approximate surface area is 108 Å². The molecule has 2 heterocycles. The third-order valence-electron chi connectivity index (χ3n) is 3.45. The van der Waals surface area contributed by atoms with E-state index in [1.54, 1.807) is 0 Å². The Morgan fingerprint density at radius 2 is 2.17 bits per heavy atom. The van der Waals surface area contributed by atoms with Gasteiger partial charge in [-0.25, -0.2) is 0 Å². The van der Waals surface area contributed by atoms with E-state index in [9.17, 15) is 5.26 Å². The van der Waals surface area contributed by atoms with E-state index >= 15 is 0 Å². The molecular formula is C13H19N5. The zero-order valence-corrected chi connectivity index (χ0v) is 11.0. The number of anilines is 1. The molecule has 0 saturated carbocycles. The average molecular weight is 245 g/mol. The minimum atomic E-state index is 0.330. The van der Waals surface area contributed by atoms with Gasteiger partial charge >= 0.3 is 0 Å². The summed E-state index contributed by atoms with van der Waals surface area (Å²) < 4.78 is 0. The number of rotatable bonds is 2. The van der Waals surface area contributed by atoms with Crippen molar-refractivity contribution in [1.82, 2.24) is 15.5 Å². The lowest BCUT2D eigenvalue weighted by Gasteiger charge is -2.18. The van der Waals surface area contributed by atoms with E-state index in [2.05, 4.69) is 26.9 Å². The predicted octanol–water partition coefficient (Wildman–Crippen LogP) is 1.52. The molecule has 1 saturated heterocycles. The van der Waals surface area contributed by atoms with Gasteiger partial charge in [0.15, 0.2) is 5.82 Å². The van der Waals surface area contributed by atoms with Gasteiger partial charge in [0.1, 0.15) is 11.6 Å². The minimum absolute atomic E-state index is 0.330. The van der Waals surface area contributed by atoms with Crippen molar-refractivity contribution in [3.8, 4) is 6.07 Å². The molecule has 96 valence electrons. The number of aryl methyl sites for hydroxylation is 1. The van der Waals surface area contributed by atoms with Crippen LogP contribution in [0, 0.1) is 25.2 Å². The molecule has 0 aliphatic carbocycles. The summed E-state index contributed by atoms with van der Waals surface area (Å²) in [6.45, 7) is 5.78. The van der Waals surface area contributed by atoms with Gasteiger partial charge in [-0.1, -0.05) is 6.42 Å². The second-order valence-corrected chi connectivity index (χ2v) is 4.79. The number of nitriles is 1. The number of nitrogens with zero attached hydrogens (tertiary/aromatic N) is 3. The summed E-state index contributed by atoms with van der Waals surface area (Å²) in [5, 5.41) is 24.2. The van der Waals surface area contributed by atoms with E-state index in [-0.39, 0.29) is 0 Å². The van der Waals surface area contributed by atoms with Gasteiger partial charge < -0.3 is 10.6 Å². The van der Waals surface area contributed by atoms with Crippen LogP contribution in [0.25, 0.3) is 0 Å². The standard InChI is InChI=1S/C13H19N5/c1-9-10(2)17-18-13(12(9)7-14)16-11-5-3-4-6-15-8-11/h11,15H,3-6,8H2,1-2H3,(H,16,18). The fourth-order valence-electron chi connectivity index (χ4n) is 2.18. The van der Waals surface area contributed by atoms with Crippen LogP contribution >= 0.6 is 0 Å². The highest BCUT2D eigenvalue weighted by Crippen LogP contribution is 2.19. The molecule has 18 heavy (non-hydrogen) atoms. The van der Waals surface area contributed by atoms with Crippen molar-refractivity contribution in [2.45, 2.75) is 39.2 Å². The van der Waals surface area contributed by atoms with Crippen molar-refractivity contribution in [1.29, 1.82) is 5.26 Å². The Kier molecular flexibility index (Phi) is 4.11. The topological polar surface area (TPSA) is 73.6 Å². The molecular weight excluding hydrogens is 226 g/mol. The Hall–Kier alpha value is -1.67. The zero-order chi connectivity index (χ0) is 13.0. The first kappa shape index (κ1) is 12.8. The molecule has 1 aromatic rings. The predicted molar refractivity (Wildman–Crippen MR) is 70.4 cm³/mol. The highest BCUT2D eigenvalue weighted by atomic mass is 15.2. The van der Waals surface area contributed by atoms with Crippen LogP contribution in [0.5, 0.6) is 0 Å². The first-order valence-electron chi connectivity index (χ1n) is 6.43. The molecule has 1 aliphatic heterocycles. The van der Waals surface area contributed by atoms with Gasteiger partial charge in [-0.15, -0.1) is 5.10 Å². The first-order valence-corrected chi connectivity index (χ1v) is 6.43. The summed E-state index contributed by atoms with van der Waals surface area (Å²) in [6, 6.07) is 2.55. The molecule has 0 bridgehead atoms. The second kappa shape index (κ2) is 5.78. The van der Waals surface area contributed by atoms with Crippen LogP contribution in [0.15, 0.2) is 0 Å². The van der Waals surface area contributed by atoms with E-state index in [0.29, 0.717) is 17.4 Å². The van der Waals surface area contributed by atoms with Gasteiger partial charge in [-0.2, -0.15) is 10.4 Å². The lowest BCUT2D eigenvalue weighted by Crippen LogP contribution is -2.31. The Bertz CT molecular complexity index is 455. The van der Waals surface area contributed by atoms with Crippen molar-refractivity contribution < 1.29 is 0 Å². The quantitative estimate of drug-likeness (QED) is 0.826. The molecule has 0 aromatic carbocycles. The summed E-state index contributed by atoms with van der Waals surface area (Å²) in [5.41, 5.74) is 2.35. The van der Waals surface area contributed by atoms with Crippen molar-refractivity contribution in [2.24, 2.45) is 0 Å². The second-order valence-electron chi connectivity index (χ2n) is 4.79. The maximum absolute atomic E-state index is 9.24. The average Bonchev–Trinajstić information content (AvgIpc) is 2.63. The zero-order valence-electron chi connectivity index (χ0n) is 11.0. The summed E-state index contributed by atoms with van der Waals surface area (Å²) in [6.07, 6.45) is 3.51. The van der Waals surface area contributed by atoms with Gasteiger partial charge in [-0.3, -0.25) is 0 Å². The molecule has 0 spiro atoms. The largest absolute Gasteiger partial charge is 0.363 e. The molecule has 1 aromatic heterocycles. The Morgan fingerprint density at radius 3 is 2.94 bits per heavy atom. The third-order valence-corrected chi connectivity index (χ3v) is 3.45. The summed E-state index contributed by atoms with van der Waals surface area (Å²) in [4.78, 5) is 0. The van der Waals surface area contributed by atoms with Gasteiger partial charge in [0.25, 0.3) is 0 Å². The SMILES string of the molecule is Cc1nnc(NC2CCCCNC2)c(C#N)c1C. The Balaban J connectivity index is 2.18. The lowest BCUT2D eigenvalue weighted by atomic mass is 10.1. The van der Waals surface area contributed by atoms with Crippen LogP contribution in [0.4, 0.5) is 5.82 Å². The summed E-state index contributed by atoms with van der Waals surface area (Å²) in [5.74, 6) is 0.620. The van der Waals surface area contributed by atoms with Crippen LogP contribution in [-0.4, -0.2) is 29.3 Å². The van der Waals surface area contributed by atoms with E-state index in [1.807, 2.05) is 13.8 Å². The monoisotopic (exact) mass is 245 g/mol.